The fourth-order valence-corrected chi connectivity index (χ4v) is 3.30. The first kappa shape index (κ1) is 23.2. The smallest absolute Gasteiger partial charge is 0.270 e. The summed E-state index contributed by atoms with van der Waals surface area (Å²) in [6.07, 6.45) is 1.41. The molecule has 3 N–H and O–H groups in total. The summed E-state index contributed by atoms with van der Waals surface area (Å²) in [4.78, 5) is 19.4. The lowest BCUT2D eigenvalue weighted by Crippen LogP contribution is -2.13. The van der Waals surface area contributed by atoms with Gasteiger partial charge >= 0.3 is 0 Å². The quantitative estimate of drug-likeness (QED) is 0.148. The van der Waals surface area contributed by atoms with Crippen molar-refractivity contribution in [1.82, 2.24) is 20.3 Å². The second kappa shape index (κ2) is 9.99. The molecule has 0 fully saturated rings. The van der Waals surface area contributed by atoms with Gasteiger partial charge in [-0.15, -0.1) is 0 Å². The summed E-state index contributed by atoms with van der Waals surface area (Å²) in [5, 5.41) is 22.8. The Morgan fingerprint density at radius 3 is 2.49 bits per heavy atom. The van der Waals surface area contributed by atoms with Gasteiger partial charge < -0.3 is 9.15 Å². The number of aromatic nitrogens is 4. The van der Waals surface area contributed by atoms with E-state index in [-0.39, 0.29) is 22.8 Å². The van der Waals surface area contributed by atoms with Crippen molar-refractivity contribution in [2.45, 2.75) is 6.92 Å². The normalized spacial score (nSPS) is 11.1. The summed E-state index contributed by atoms with van der Waals surface area (Å²) >= 11 is 0. The molecule has 0 amide bonds. The molecule has 0 aliphatic carbocycles. The van der Waals surface area contributed by atoms with E-state index < -0.39 is 4.92 Å². The van der Waals surface area contributed by atoms with Gasteiger partial charge in [0.2, 0.25) is 11.3 Å². The standard InChI is InChI=1S/C23H19N9O5/c1-13-3-5-14(6-4-13)27-29-21-20(25-22-23(26-21)31-37-30-22)28-24-12-16-8-10-19(36-16)17-11-15(32(33)34)7-9-18(17)35-2/h3-12,27H,1-2H3,(H,25,28,30)(H,26,29,31)/b24-12+. The van der Waals surface area contributed by atoms with Crippen LogP contribution in [0.2, 0.25) is 0 Å². The molecule has 0 bridgehead atoms. The van der Waals surface area contributed by atoms with Crippen molar-refractivity contribution < 1.29 is 18.7 Å². The monoisotopic (exact) mass is 501 g/mol. The van der Waals surface area contributed by atoms with Gasteiger partial charge in [0.15, 0.2) is 11.6 Å². The lowest BCUT2D eigenvalue weighted by molar-refractivity contribution is -0.384. The number of hydrogen-bond donors (Lipinski definition) is 3. The van der Waals surface area contributed by atoms with Gasteiger partial charge in [0, 0.05) is 12.1 Å². The average molecular weight is 501 g/mol. The molecule has 0 radical (unpaired) electrons. The SMILES string of the molecule is COc1ccc([N+](=O)[O-])cc1-c1ccc(/C=N/Nc2nc3nonc3nc2NNc2ccc(C)cc2)o1. The number of hydrogen-bond acceptors (Lipinski definition) is 13. The van der Waals surface area contributed by atoms with Crippen LogP contribution in [0.5, 0.6) is 5.75 Å². The second-order valence-corrected chi connectivity index (χ2v) is 7.66. The minimum atomic E-state index is -0.486. The Morgan fingerprint density at radius 1 is 1.00 bits per heavy atom. The number of methoxy groups -OCH3 is 1. The van der Waals surface area contributed by atoms with Crippen LogP contribution < -0.4 is 21.0 Å². The highest BCUT2D eigenvalue weighted by molar-refractivity contribution is 5.80. The first-order valence-corrected chi connectivity index (χ1v) is 10.8. The zero-order valence-corrected chi connectivity index (χ0v) is 19.5. The number of nitrogens with zero attached hydrogens (tertiary/aromatic N) is 6. The van der Waals surface area contributed by atoms with Crippen LogP contribution in [0, 0.1) is 17.0 Å². The Bertz CT molecular complexity index is 1590. The third-order valence-electron chi connectivity index (χ3n) is 5.14. The van der Waals surface area contributed by atoms with E-state index in [9.17, 15) is 10.1 Å². The van der Waals surface area contributed by atoms with Crippen molar-refractivity contribution >= 4 is 40.5 Å². The number of aryl methyl sites for hydroxylation is 1. The van der Waals surface area contributed by atoms with Gasteiger partial charge in [-0.05, 0) is 47.6 Å². The number of rotatable bonds is 9. The number of nitro benzene ring substituents is 1. The van der Waals surface area contributed by atoms with Crippen LogP contribution in [0.25, 0.3) is 22.6 Å². The number of anilines is 3. The molecular formula is C23H19N9O5. The van der Waals surface area contributed by atoms with Crippen molar-refractivity contribution in [3.05, 3.63) is 76.0 Å². The van der Waals surface area contributed by atoms with Gasteiger partial charge in [-0.2, -0.15) is 15.1 Å². The van der Waals surface area contributed by atoms with Crippen LogP contribution in [0.3, 0.4) is 0 Å². The van der Waals surface area contributed by atoms with Crippen LogP contribution in [0.1, 0.15) is 11.3 Å². The van der Waals surface area contributed by atoms with E-state index in [1.165, 1.54) is 31.5 Å². The van der Waals surface area contributed by atoms with Gasteiger partial charge in [0.05, 0.1) is 29.5 Å². The van der Waals surface area contributed by atoms with Gasteiger partial charge in [-0.3, -0.25) is 26.4 Å². The molecule has 3 heterocycles. The van der Waals surface area contributed by atoms with Gasteiger partial charge in [0.25, 0.3) is 5.69 Å². The van der Waals surface area contributed by atoms with E-state index in [0.717, 1.165) is 11.3 Å². The van der Waals surface area contributed by atoms with Crippen molar-refractivity contribution in [2.75, 3.05) is 23.4 Å². The number of furan rings is 1. The number of fused-ring (bicyclic) bond motifs is 1. The molecule has 0 aliphatic heterocycles. The Kier molecular flexibility index (Phi) is 6.27. The third kappa shape index (κ3) is 5.12. The lowest BCUT2D eigenvalue weighted by atomic mass is 10.1. The fraction of sp³-hybridized carbons (Fsp3) is 0.0870. The highest BCUT2D eigenvalue weighted by Crippen LogP contribution is 2.34. The molecule has 14 nitrogen and oxygen atoms in total. The molecule has 5 rings (SSSR count). The highest BCUT2D eigenvalue weighted by Gasteiger charge is 2.16. The zero-order chi connectivity index (χ0) is 25.8. The number of hydrazine groups is 1. The van der Waals surface area contributed by atoms with E-state index in [1.54, 1.807) is 12.1 Å². The first-order valence-electron chi connectivity index (χ1n) is 10.8. The van der Waals surface area contributed by atoms with Crippen LogP contribution >= 0.6 is 0 Å². The van der Waals surface area contributed by atoms with E-state index >= 15 is 0 Å². The topological polar surface area (TPSA) is 179 Å². The van der Waals surface area contributed by atoms with Gasteiger partial charge in [-0.25, -0.2) is 4.63 Å². The fourth-order valence-electron chi connectivity index (χ4n) is 3.30. The molecule has 37 heavy (non-hydrogen) atoms. The average Bonchev–Trinajstić information content (AvgIpc) is 3.57. The van der Waals surface area contributed by atoms with Gasteiger partial charge in [0.1, 0.15) is 17.3 Å². The molecule has 3 aromatic heterocycles. The Labute approximate surface area is 208 Å². The summed E-state index contributed by atoms with van der Waals surface area (Å²) in [6, 6.07) is 15.3. The molecule has 0 saturated carbocycles. The van der Waals surface area contributed by atoms with Crippen molar-refractivity contribution in [3.63, 3.8) is 0 Å². The predicted molar refractivity (Wildman–Crippen MR) is 134 cm³/mol. The summed E-state index contributed by atoms with van der Waals surface area (Å²) in [7, 11) is 1.47. The molecule has 0 atom stereocenters. The molecule has 14 heteroatoms. The predicted octanol–water partition coefficient (Wildman–Crippen LogP) is 4.38. The van der Waals surface area contributed by atoms with Crippen LogP contribution in [-0.4, -0.2) is 38.5 Å². The minimum absolute atomic E-state index is 0.0836. The molecule has 0 saturated heterocycles. The maximum absolute atomic E-state index is 11.2. The molecule has 0 unspecified atom stereocenters. The number of non-ortho nitro benzene ring substituents is 1. The molecular weight excluding hydrogens is 482 g/mol. The van der Waals surface area contributed by atoms with E-state index in [2.05, 4.69) is 41.7 Å². The molecule has 0 aliphatic rings. The number of benzene rings is 2. The van der Waals surface area contributed by atoms with Crippen molar-refractivity contribution in [1.29, 1.82) is 0 Å². The van der Waals surface area contributed by atoms with Crippen LogP contribution in [0.15, 0.2) is 68.7 Å². The third-order valence-corrected chi connectivity index (χ3v) is 5.14. The highest BCUT2D eigenvalue weighted by atomic mass is 16.6. The summed E-state index contributed by atoms with van der Waals surface area (Å²) in [5.41, 5.74) is 11.5. The largest absolute Gasteiger partial charge is 0.496 e. The van der Waals surface area contributed by atoms with E-state index in [4.69, 9.17) is 13.8 Å². The second-order valence-electron chi connectivity index (χ2n) is 7.66. The zero-order valence-electron chi connectivity index (χ0n) is 19.5. The van der Waals surface area contributed by atoms with Crippen LogP contribution in [-0.2, 0) is 0 Å². The number of nitro groups is 1. The molecule has 186 valence electrons. The number of hydrazone groups is 1. The van der Waals surface area contributed by atoms with Crippen molar-refractivity contribution in [2.24, 2.45) is 5.10 Å². The van der Waals surface area contributed by atoms with Gasteiger partial charge in [-0.1, -0.05) is 17.7 Å². The Hall–Kier alpha value is -5.53. The summed E-state index contributed by atoms with van der Waals surface area (Å²) in [5.74, 6) is 1.72. The molecule has 2 aromatic carbocycles. The Balaban J connectivity index is 1.35. The Morgan fingerprint density at radius 2 is 1.76 bits per heavy atom. The first-order chi connectivity index (χ1) is 18.0. The summed E-state index contributed by atoms with van der Waals surface area (Å²) in [6.45, 7) is 2.00. The van der Waals surface area contributed by atoms with E-state index in [1.807, 2.05) is 31.2 Å². The van der Waals surface area contributed by atoms with Crippen molar-refractivity contribution in [3.8, 4) is 17.1 Å². The lowest BCUT2D eigenvalue weighted by Gasteiger charge is -2.11. The maximum Gasteiger partial charge on any atom is 0.270 e. The molecule has 0 spiro atoms. The number of ether oxygens (including phenoxy) is 1. The maximum atomic E-state index is 11.2. The number of nitrogens with one attached hydrogen (secondary N) is 3. The van der Waals surface area contributed by atoms with Crippen LogP contribution in [0.4, 0.5) is 23.0 Å². The minimum Gasteiger partial charge on any atom is -0.496 e. The molecule has 5 aromatic rings. The summed E-state index contributed by atoms with van der Waals surface area (Å²) < 4.78 is 15.8. The van der Waals surface area contributed by atoms with E-state index in [0.29, 0.717) is 28.7 Å².